The zero-order chi connectivity index (χ0) is 12.6. The fourth-order valence-corrected chi connectivity index (χ4v) is 2.89. The molecule has 1 aromatic carbocycles. The summed E-state index contributed by atoms with van der Waals surface area (Å²) in [6, 6.07) is 9.50. The van der Waals surface area contributed by atoms with E-state index < -0.39 is 9.71 Å². The van der Waals surface area contributed by atoms with E-state index in [2.05, 4.69) is 0 Å². The third-order valence-electron chi connectivity index (χ3n) is 2.43. The van der Waals surface area contributed by atoms with Gasteiger partial charge < -0.3 is 0 Å². The summed E-state index contributed by atoms with van der Waals surface area (Å²) in [7, 11) is 0. The number of hydrogen-bond acceptors (Lipinski definition) is 0. The Labute approximate surface area is 125 Å². The smallest absolute Gasteiger partial charge is 0.113 e. The van der Waals surface area contributed by atoms with E-state index in [1.165, 1.54) is 0 Å². The van der Waals surface area contributed by atoms with Crippen LogP contribution in [0.15, 0.2) is 46.5 Å². The molecule has 0 saturated carbocycles. The molecule has 1 unspecified atom stereocenters. The van der Waals surface area contributed by atoms with E-state index in [4.69, 9.17) is 58.0 Å². The first kappa shape index (κ1) is 13.6. The highest BCUT2D eigenvalue weighted by Gasteiger charge is 2.39. The third-order valence-corrected chi connectivity index (χ3v) is 4.89. The average molecular weight is 328 g/mol. The number of alkyl halides is 3. The van der Waals surface area contributed by atoms with Crippen LogP contribution in [0.2, 0.25) is 0 Å². The van der Waals surface area contributed by atoms with Crippen molar-refractivity contribution in [3.8, 4) is 0 Å². The molecule has 5 heteroatoms. The van der Waals surface area contributed by atoms with Gasteiger partial charge in [-0.1, -0.05) is 76.7 Å². The summed E-state index contributed by atoms with van der Waals surface area (Å²) in [5.74, 6) is 0. The quantitative estimate of drug-likeness (QED) is 0.593. The fourth-order valence-electron chi connectivity index (χ4n) is 1.57. The predicted octanol–water partition coefficient (Wildman–Crippen LogP) is 5.55. The monoisotopic (exact) mass is 326 g/mol. The van der Waals surface area contributed by atoms with Crippen LogP contribution >= 0.6 is 58.0 Å². The van der Waals surface area contributed by atoms with Crippen molar-refractivity contribution in [2.45, 2.75) is 9.71 Å². The summed E-state index contributed by atoms with van der Waals surface area (Å²) in [5.41, 5.74) is 1.59. The molecule has 0 nitrogen and oxygen atoms in total. The normalized spacial score (nSPS) is 23.6. The highest BCUT2D eigenvalue weighted by molar-refractivity contribution is 6.58. The molecule has 2 rings (SSSR count). The van der Waals surface area contributed by atoms with Crippen molar-refractivity contribution in [3.05, 3.63) is 52.0 Å². The van der Waals surface area contributed by atoms with Crippen molar-refractivity contribution in [3.63, 3.8) is 0 Å². The van der Waals surface area contributed by atoms with Crippen molar-refractivity contribution in [1.82, 2.24) is 0 Å². The lowest BCUT2D eigenvalue weighted by atomic mass is 9.98. The van der Waals surface area contributed by atoms with Crippen LogP contribution in [0.4, 0.5) is 0 Å². The molecule has 1 atom stereocenters. The van der Waals surface area contributed by atoms with Crippen LogP contribution in [0.25, 0.3) is 5.57 Å². The SMILES string of the molecule is ClC1=C(Cl)C(Cl)C(Cl)(Cl)C=C1c1ccccc1. The highest BCUT2D eigenvalue weighted by Crippen LogP contribution is 2.47. The van der Waals surface area contributed by atoms with Gasteiger partial charge in [-0.3, -0.25) is 0 Å². The van der Waals surface area contributed by atoms with E-state index in [0.29, 0.717) is 10.6 Å². The van der Waals surface area contributed by atoms with Crippen molar-refractivity contribution in [1.29, 1.82) is 0 Å². The van der Waals surface area contributed by atoms with Crippen LogP contribution in [-0.4, -0.2) is 9.71 Å². The molecule has 0 saturated heterocycles. The van der Waals surface area contributed by atoms with Crippen molar-refractivity contribution in [2.75, 3.05) is 0 Å². The van der Waals surface area contributed by atoms with E-state index in [0.717, 1.165) is 5.56 Å². The molecule has 1 aliphatic carbocycles. The summed E-state index contributed by atoms with van der Waals surface area (Å²) >= 11 is 30.5. The second-order valence-electron chi connectivity index (χ2n) is 3.62. The van der Waals surface area contributed by atoms with Gasteiger partial charge in [-0.25, -0.2) is 0 Å². The maximum absolute atomic E-state index is 6.17. The molecule has 1 aromatic rings. The molecule has 17 heavy (non-hydrogen) atoms. The Kier molecular flexibility index (Phi) is 4.02. The lowest BCUT2D eigenvalue weighted by Gasteiger charge is -2.28. The predicted molar refractivity (Wildman–Crippen MR) is 77.2 cm³/mol. The van der Waals surface area contributed by atoms with Gasteiger partial charge >= 0.3 is 0 Å². The van der Waals surface area contributed by atoms with Crippen LogP contribution < -0.4 is 0 Å². The number of rotatable bonds is 1. The molecule has 0 aliphatic heterocycles. The van der Waals surface area contributed by atoms with Gasteiger partial charge in [-0.2, -0.15) is 0 Å². The number of allylic oxidation sites excluding steroid dienone is 4. The largest absolute Gasteiger partial charge is 0.158 e. The van der Waals surface area contributed by atoms with Crippen molar-refractivity contribution >= 4 is 63.6 Å². The molecule has 1 aliphatic rings. The second-order valence-corrected chi connectivity index (χ2v) is 6.29. The van der Waals surface area contributed by atoms with Crippen LogP contribution in [0.3, 0.4) is 0 Å². The Bertz CT molecular complexity index is 487. The maximum atomic E-state index is 6.17. The maximum Gasteiger partial charge on any atom is 0.158 e. The van der Waals surface area contributed by atoms with Gasteiger partial charge in [0.05, 0.1) is 10.1 Å². The summed E-state index contributed by atoms with van der Waals surface area (Å²) in [4.78, 5) is 0. The third kappa shape index (κ3) is 2.62. The van der Waals surface area contributed by atoms with E-state index in [1.54, 1.807) is 6.08 Å². The molecule has 0 heterocycles. The van der Waals surface area contributed by atoms with Gasteiger partial charge in [0.2, 0.25) is 0 Å². The van der Waals surface area contributed by atoms with Gasteiger partial charge in [-0.15, -0.1) is 11.6 Å². The average Bonchev–Trinajstić information content (AvgIpc) is 2.33. The summed E-state index contributed by atoms with van der Waals surface area (Å²) in [6.45, 7) is 0. The Hall–Kier alpha value is 0.150. The number of halogens is 5. The first-order valence-electron chi connectivity index (χ1n) is 4.79. The molecule has 0 amide bonds. The molecule has 0 N–H and O–H groups in total. The number of benzene rings is 1. The molecule has 0 aromatic heterocycles. The Morgan fingerprint density at radius 3 is 2.18 bits per heavy atom. The lowest BCUT2D eigenvalue weighted by molar-refractivity contribution is 0.954. The van der Waals surface area contributed by atoms with E-state index in [-0.39, 0.29) is 5.03 Å². The van der Waals surface area contributed by atoms with Gasteiger partial charge in [-0.05, 0) is 11.6 Å². The molecular weight excluding hydrogens is 321 g/mol. The highest BCUT2D eigenvalue weighted by atomic mass is 35.5. The van der Waals surface area contributed by atoms with Crippen LogP contribution in [0.5, 0.6) is 0 Å². The first-order valence-corrected chi connectivity index (χ1v) is 6.74. The molecule has 0 radical (unpaired) electrons. The zero-order valence-corrected chi connectivity index (χ0v) is 12.2. The van der Waals surface area contributed by atoms with Crippen LogP contribution in [0, 0.1) is 0 Å². The molecule has 0 spiro atoms. The van der Waals surface area contributed by atoms with E-state index in [1.807, 2.05) is 30.3 Å². The lowest BCUT2D eigenvalue weighted by Crippen LogP contribution is -2.28. The van der Waals surface area contributed by atoms with Crippen molar-refractivity contribution in [2.24, 2.45) is 0 Å². The second kappa shape index (κ2) is 5.03. The van der Waals surface area contributed by atoms with Gasteiger partial charge in [0, 0.05) is 5.57 Å². The summed E-state index contributed by atoms with van der Waals surface area (Å²) in [5, 5.41) is -0.0954. The molecule has 0 bridgehead atoms. The minimum absolute atomic E-state index is 0.264. The van der Waals surface area contributed by atoms with Gasteiger partial charge in [0.25, 0.3) is 0 Å². The summed E-state index contributed by atoms with van der Waals surface area (Å²) < 4.78 is -1.26. The van der Waals surface area contributed by atoms with Gasteiger partial charge in [0.15, 0.2) is 4.33 Å². The zero-order valence-electron chi connectivity index (χ0n) is 8.43. The van der Waals surface area contributed by atoms with E-state index in [9.17, 15) is 0 Å². The Morgan fingerprint density at radius 1 is 1.00 bits per heavy atom. The molecule has 90 valence electrons. The minimum atomic E-state index is -1.26. The number of hydrogen-bond donors (Lipinski definition) is 0. The van der Waals surface area contributed by atoms with Crippen LogP contribution in [-0.2, 0) is 0 Å². The first-order chi connectivity index (χ1) is 7.93. The van der Waals surface area contributed by atoms with Crippen LogP contribution in [0.1, 0.15) is 5.56 Å². The fraction of sp³-hybridized carbons (Fsp3) is 0.167. The molecular formula is C12H7Cl5. The summed E-state index contributed by atoms with van der Waals surface area (Å²) in [6.07, 6.45) is 1.62. The topological polar surface area (TPSA) is 0 Å². The van der Waals surface area contributed by atoms with Crippen molar-refractivity contribution < 1.29 is 0 Å². The Balaban J connectivity index is 2.55. The standard InChI is InChI=1S/C12H7Cl5/c13-9-8(7-4-2-1-3-5-7)6-12(16,17)11(15)10(9)14/h1-6,11H. The van der Waals surface area contributed by atoms with E-state index >= 15 is 0 Å². The Morgan fingerprint density at radius 2 is 1.59 bits per heavy atom. The van der Waals surface area contributed by atoms with Gasteiger partial charge in [0.1, 0.15) is 5.38 Å². The molecule has 0 fully saturated rings. The minimum Gasteiger partial charge on any atom is -0.113 e.